The number of carbonyl (C=O) groups excluding carboxylic acids is 1. The lowest BCUT2D eigenvalue weighted by atomic mass is 10.0. The van der Waals surface area contributed by atoms with Crippen molar-refractivity contribution in [1.82, 2.24) is 9.80 Å². The third-order valence-corrected chi connectivity index (χ3v) is 4.35. The zero-order valence-corrected chi connectivity index (χ0v) is 13.5. The molecule has 0 unspecified atom stereocenters. The van der Waals surface area contributed by atoms with E-state index in [4.69, 9.17) is 5.73 Å². The molecule has 1 fully saturated rings. The zero-order chi connectivity index (χ0) is 16.1. The van der Waals surface area contributed by atoms with Gasteiger partial charge in [0, 0.05) is 32.2 Å². The molecule has 2 rings (SSSR count). The van der Waals surface area contributed by atoms with Gasteiger partial charge in [-0.15, -0.1) is 0 Å². The van der Waals surface area contributed by atoms with Crippen LogP contribution in [0.3, 0.4) is 0 Å². The molecule has 4 nitrogen and oxygen atoms in total. The highest BCUT2D eigenvalue weighted by atomic mass is 19.1. The number of amides is 1. The van der Waals surface area contributed by atoms with Crippen molar-refractivity contribution in [3.8, 4) is 0 Å². The van der Waals surface area contributed by atoms with Gasteiger partial charge < -0.3 is 10.6 Å². The van der Waals surface area contributed by atoms with Gasteiger partial charge >= 0.3 is 0 Å². The van der Waals surface area contributed by atoms with Gasteiger partial charge in [0.25, 0.3) is 0 Å². The van der Waals surface area contributed by atoms with Crippen LogP contribution in [0.5, 0.6) is 0 Å². The maximum atomic E-state index is 13.0. The molecule has 0 aromatic heterocycles. The van der Waals surface area contributed by atoms with Crippen LogP contribution in [0.4, 0.5) is 4.39 Å². The van der Waals surface area contributed by atoms with E-state index in [-0.39, 0.29) is 18.3 Å². The molecule has 0 spiro atoms. The molecule has 1 heterocycles. The Hall–Kier alpha value is -1.46. The van der Waals surface area contributed by atoms with E-state index < -0.39 is 0 Å². The summed E-state index contributed by atoms with van der Waals surface area (Å²) in [4.78, 5) is 16.2. The SMILES string of the molecule is CC(C)[C@@H]1CN(C(=O)CN)CCCN1Cc1ccc(F)cc1. The van der Waals surface area contributed by atoms with E-state index in [1.165, 1.54) is 12.1 Å². The lowest BCUT2D eigenvalue weighted by Crippen LogP contribution is -2.46. The Balaban J connectivity index is 2.11. The number of halogens is 1. The molecule has 1 aliphatic rings. The fraction of sp³-hybridized carbons (Fsp3) is 0.588. The topological polar surface area (TPSA) is 49.6 Å². The molecule has 0 bridgehead atoms. The van der Waals surface area contributed by atoms with Crippen LogP contribution in [-0.4, -0.2) is 47.9 Å². The Morgan fingerprint density at radius 2 is 2.00 bits per heavy atom. The predicted molar refractivity (Wildman–Crippen MR) is 85.7 cm³/mol. The first-order valence-electron chi connectivity index (χ1n) is 7.97. The van der Waals surface area contributed by atoms with Crippen molar-refractivity contribution < 1.29 is 9.18 Å². The molecule has 22 heavy (non-hydrogen) atoms. The van der Waals surface area contributed by atoms with Crippen LogP contribution in [0.15, 0.2) is 24.3 Å². The second-order valence-corrected chi connectivity index (χ2v) is 6.31. The van der Waals surface area contributed by atoms with Crippen molar-refractivity contribution in [2.24, 2.45) is 11.7 Å². The molecular weight excluding hydrogens is 281 g/mol. The Morgan fingerprint density at radius 3 is 2.59 bits per heavy atom. The van der Waals surface area contributed by atoms with Crippen molar-refractivity contribution in [2.45, 2.75) is 32.9 Å². The Kier molecular flexibility index (Phi) is 5.91. The van der Waals surface area contributed by atoms with Crippen LogP contribution in [-0.2, 0) is 11.3 Å². The number of nitrogens with zero attached hydrogens (tertiary/aromatic N) is 2. The predicted octanol–water partition coefficient (Wildman–Crippen LogP) is 1.84. The van der Waals surface area contributed by atoms with Crippen LogP contribution in [0.2, 0.25) is 0 Å². The lowest BCUT2D eigenvalue weighted by molar-refractivity contribution is -0.130. The molecular formula is C17H26FN3O. The first-order chi connectivity index (χ1) is 10.5. The number of rotatable bonds is 4. The molecule has 122 valence electrons. The number of hydrogen-bond acceptors (Lipinski definition) is 3. The van der Waals surface area contributed by atoms with E-state index in [1.54, 1.807) is 0 Å². The second-order valence-electron chi connectivity index (χ2n) is 6.31. The Labute approximate surface area is 132 Å². The van der Waals surface area contributed by atoms with Crippen molar-refractivity contribution in [3.63, 3.8) is 0 Å². The summed E-state index contributed by atoms with van der Waals surface area (Å²) in [6.07, 6.45) is 0.941. The summed E-state index contributed by atoms with van der Waals surface area (Å²) >= 11 is 0. The minimum Gasteiger partial charge on any atom is -0.340 e. The molecule has 0 radical (unpaired) electrons. The quantitative estimate of drug-likeness (QED) is 0.923. The minimum atomic E-state index is -0.209. The molecule has 0 saturated carbocycles. The van der Waals surface area contributed by atoms with E-state index in [0.29, 0.717) is 12.0 Å². The van der Waals surface area contributed by atoms with Gasteiger partial charge in [0.2, 0.25) is 5.91 Å². The average Bonchev–Trinajstić information content (AvgIpc) is 2.71. The highest BCUT2D eigenvalue weighted by Gasteiger charge is 2.28. The van der Waals surface area contributed by atoms with Crippen LogP contribution in [0.25, 0.3) is 0 Å². The van der Waals surface area contributed by atoms with Crippen molar-refractivity contribution in [2.75, 3.05) is 26.2 Å². The molecule has 1 saturated heterocycles. The first kappa shape index (κ1) is 16.9. The van der Waals surface area contributed by atoms with Crippen LogP contribution in [0.1, 0.15) is 25.8 Å². The van der Waals surface area contributed by atoms with Gasteiger partial charge in [-0.1, -0.05) is 26.0 Å². The Bertz CT molecular complexity index is 489. The number of carbonyl (C=O) groups is 1. The summed E-state index contributed by atoms with van der Waals surface area (Å²) in [5, 5.41) is 0. The Morgan fingerprint density at radius 1 is 1.32 bits per heavy atom. The molecule has 1 aliphatic heterocycles. The highest BCUT2D eigenvalue weighted by Crippen LogP contribution is 2.20. The van der Waals surface area contributed by atoms with Crippen LogP contribution < -0.4 is 5.73 Å². The normalized spacial score (nSPS) is 20.2. The van der Waals surface area contributed by atoms with E-state index >= 15 is 0 Å². The molecule has 1 atom stereocenters. The van der Waals surface area contributed by atoms with Gasteiger partial charge in [0.15, 0.2) is 0 Å². The largest absolute Gasteiger partial charge is 0.340 e. The molecule has 2 N–H and O–H groups in total. The fourth-order valence-electron chi connectivity index (χ4n) is 3.07. The van der Waals surface area contributed by atoms with Crippen LogP contribution in [0, 0.1) is 11.7 Å². The van der Waals surface area contributed by atoms with E-state index in [0.717, 1.165) is 38.2 Å². The number of hydrogen-bond donors (Lipinski definition) is 1. The third-order valence-electron chi connectivity index (χ3n) is 4.35. The van der Waals surface area contributed by atoms with Gasteiger partial charge in [0.1, 0.15) is 5.82 Å². The molecule has 0 aliphatic carbocycles. The first-order valence-corrected chi connectivity index (χ1v) is 7.97. The average molecular weight is 307 g/mol. The van der Waals surface area contributed by atoms with Gasteiger partial charge in [-0.05, 0) is 30.0 Å². The number of benzene rings is 1. The summed E-state index contributed by atoms with van der Waals surface area (Å²) in [6, 6.07) is 6.97. The van der Waals surface area contributed by atoms with Gasteiger partial charge in [-0.25, -0.2) is 4.39 Å². The summed E-state index contributed by atoms with van der Waals surface area (Å²) in [5.74, 6) is 0.251. The van der Waals surface area contributed by atoms with E-state index in [1.807, 2.05) is 17.0 Å². The molecule has 5 heteroatoms. The van der Waals surface area contributed by atoms with Gasteiger partial charge in [-0.3, -0.25) is 9.69 Å². The maximum absolute atomic E-state index is 13.0. The monoisotopic (exact) mass is 307 g/mol. The summed E-state index contributed by atoms with van der Waals surface area (Å²) in [6.45, 7) is 7.64. The molecule has 1 aromatic carbocycles. The summed E-state index contributed by atoms with van der Waals surface area (Å²) in [5.41, 5.74) is 6.61. The highest BCUT2D eigenvalue weighted by molar-refractivity contribution is 5.78. The van der Waals surface area contributed by atoms with E-state index in [2.05, 4.69) is 18.7 Å². The van der Waals surface area contributed by atoms with Gasteiger partial charge in [-0.2, -0.15) is 0 Å². The molecule has 1 aromatic rings. The standard InChI is InChI=1S/C17H26FN3O/c1-13(2)16-12-21(17(22)10-19)9-3-8-20(16)11-14-4-6-15(18)7-5-14/h4-7,13,16H,3,8-12,19H2,1-2H3/t16-/m0/s1. The maximum Gasteiger partial charge on any atom is 0.236 e. The second kappa shape index (κ2) is 7.70. The van der Waals surface area contributed by atoms with Crippen molar-refractivity contribution in [1.29, 1.82) is 0 Å². The van der Waals surface area contributed by atoms with E-state index in [9.17, 15) is 9.18 Å². The van der Waals surface area contributed by atoms with Crippen LogP contribution >= 0.6 is 0 Å². The van der Waals surface area contributed by atoms with Crippen molar-refractivity contribution >= 4 is 5.91 Å². The summed E-state index contributed by atoms with van der Waals surface area (Å²) < 4.78 is 13.0. The third kappa shape index (κ3) is 4.27. The smallest absolute Gasteiger partial charge is 0.236 e. The van der Waals surface area contributed by atoms with Crippen molar-refractivity contribution in [3.05, 3.63) is 35.6 Å². The zero-order valence-electron chi connectivity index (χ0n) is 13.5. The van der Waals surface area contributed by atoms with Gasteiger partial charge in [0.05, 0.1) is 6.54 Å². The molecule has 1 amide bonds. The number of nitrogens with two attached hydrogens (primary N) is 1. The summed E-state index contributed by atoms with van der Waals surface area (Å²) in [7, 11) is 0. The fourth-order valence-corrected chi connectivity index (χ4v) is 3.07. The lowest BCUT2D eigenvalue weighted by Gasteiger charge is -2.34. The minimum absolute atomic E-state index is 0.0225.